The van der Waals surface area contributed by atoms with E-state index in [4.69, 9.17) is 9.47 Å². The summed E-state index contributed by atoms with van der Waals surface area (Å²) in [6, 6.07) is 12.4. The molecule has 3 rings (SSSR count). The Morgan fingerprint density at radius 1 is 1.20 bits per heavy atom. The molecule has 7 nitrogen and oxygen atoms in total. The smallest absolute Gasteiger partial charge is 0.213 e. The number of pyridine rings is 1. The summed E-state index contributed by atoms with van der Waals surface area (Å²) in [7, 11) is 3.53. The zero-order chi connectivity index (χ0) is 21.2. The summed E-state index contributed by atoms with van der Waals surface area (Å²) >= 11 is 0. The molecule has 1 fully saturated rings. The van der Waals surface area contributed by atoms with Gasteiger partial charge in [0, 0.05) is 38.0 Å². The molecule has 162 valence electrons. The SMILES string of the molecule is CCOc1cc(CNC(=NC)NCC(c2ccccc2OC)N2CCCC2)ccn1. The van der Waals surface area contributed by atoms with Crippen molar-refractivity contribution in [1.29, 1.82) is 0 Å². The van der Waals surface area contributed by atoms with Crippen LogP contribution in [0.3, 0.4) is 0 Å². The fourth-order valence-corrected chi connectivity index (χ4v) is 3.82. The van der Waals surface area contributed by atoms with E-state index in [1.54, 1.807) is 20.4 Å². The number of hydrogen-bond acceptors (Lipinski definition) is 5. The molecule has 0 saturated carbocycles. The molecule has 0 amide bonds. The number of likely N-dealkylation sites (tertiary alicyclic amines) is 1. The Bertz CT molecular complexity index is 821. The Morgan fingerprint density at radius 2 is 2.00 bits per heavy atom. The summed E-state index contributed by atoms with van der Waals surface area (Å²) in [5.41, 5.74) is 2.30. The third-order valence-electron chi connectivity index (χ3n) is 5.32. The number of hydrogen-bond donors (Lipinski definition) is 2. The van der Waals surface area contributed by atoms with E-state index < -0.39 is 0 Å². The van der Waals surface area contributed by atoms with E-state index in [1.165, 1.54) is 18.4 Å². The van der Waals surface area contributed by atoms with Crippen LogP contribution in [0.4, 0.5) is 0 Å². The Labute approximate surface area is 179 Å². The largest absolute Gasteiger partial charge is 0.496 e. The second-order valence-corrected chi connectivity index (χ2v) is 7.24. The normalized spacial score (nSPS) is 15.6. The van der Waals surface area contributed by atoms with Crippen molar-refractivity contribution in [1.82, 2.24) is 20.5 Å². The van der Waals surface area contributed by atoms with E-state index in [1.807, 2.05) is 31.2 Å². The number of para-hydroxylation sites is 1. The second-order valence-electron chi connectivity index (χ2n) is 7.24. The molecule has 1 aromatic heterocycles. The molecule has 0 bridgehead atoms. The second kappa shape index (κ2) is 11.4. The molecular formula is C23H33N5O2. The Morgan fingerprint density at radius 3 is 2.73 bits per heavy atom. The number of ether oxygens (including phenoxy) is 2. The van der Waals surface area contributed by atoms with Crippen molar-refractivity contribution in [2.45, 2.75) is 32.4 Å². The van der Waals surface area contributed by atoms with Crippen LogP contribution < -0.4 is 20.1 Å². The lowest BCUT2D eigenvalue weighted by Gasteiger charge is -2.30. The van der Waals surface area contributed by atoms with Crippen LogP contribution in [-0.4, -0.2) is 56.2 Å². The zero-order valence-corrected chi connectivity index (χ0v) is 18.2. The molecule has 1 aliphatic rings. The van der Waals surface area contributed by atoms with Gasteiger partial charge in [0.1, 0.15) is 5.75 Å². The van der Waals surface area contributed by atoms with Gasteiger partial charge in [-0.15, -0.1) is 0 Å². The molecule has 0 spiro atoms. The number of aliphatic imine (C=N–C) groups is 1. The Kier molecular flexibility index (Phi) is 8.32. The first-order chi connectivity index (χ1) is 14.7. The fourth-order valence-electron chi connectivity index (χ4n) is 3.82. The maximum absolute atomic E-state index is 5.64. The maximum Gasteiger partial charge on any atom is 0.213 e. The van der Waals surface area contributed by atoms with Gasteiger partial charge < -0.3 is 20.1 Å². The number of rotatable bonds is 9. The van der Waals surface area contributed by atoms with Gasteiger partial charge in [-0.1, -0.05) is 18.2 Å². The van der Waals surface area contributed by atoms with Crippen LogP contribution in [0.1, 0.15) is 36.9 Å². The summed E-state index contributed by atoms with van der Waals surface area (Å²) in [4.78, 5) is 11.1. The molecule has 1 aliphatic heterocycles. The van der Waals surface area contributed by atoms with Crippen LogP contribution in [0, 0.1) is 0 Å². The Balaban J connectivity index is 1.64. The van der Waals surface area contributed by atoms with Crippen molar-refractivity contribution in [3.8, 4) is 11.6 Å². The molecule has 7 heteroatoms. The first-order valence-corrected chi connectivity index (χ1v) is 10.6. The average molecular weight is 412 g/mol. The van der Waals surface area contributed by atoms with E-state index >= 15 is 0 Å². The molecular weight excluding hydrogens is 378 g/mol. The van der Waals surface area contributed by atoms with Crippen LogP contribution in [0.15, 0.2) is 47.6 Å². The molecule has 1 saturated heterocycles. The minimum absolute atomic E-state index is 0.229. The average Bonchev–Trinajstić information content (AvgIpc) is 3.31. The van der Waals surface area contributed by atoms with E-state index in [0.717, 1.165) is 36.9 Å². The molecule has 30 heavy (non-hydrogen) atoms. The Hall–Kier alpha value is -2.80. The van der Waals surface area contributed by atoms with Crippen molar-refractivity contribution in [2.24, 2.45) is 4.99 Å². The number of methoxy groups -OCH3 is 1. The summed E-state index contributed by atoms with van der Waals surface area (Å²) in [6.07, 6.45) is 4.24. The van der Waals surface area contributed by atoms with Gasteiger partial charge in [0.05, 0.1) is 19.8 Å². The highest BCUT2D eigenvalue weighted by Crippen LogP contribution is 2.31. The maximum atomic E-state index is 5.64. The van der Waals surface area contributed by atoms with Gasteiger partial charge in [-0.2, -0.15) is 0 Å². The van der Waals surface area contributed by atoms with E-state index in [0.29, 0.717) is 19.0 Å². The lowest BCUT2D eigenvalue weighted by molar-refractivity contribution is 0.239. The topological polar surface area (TPSA) is 71.0 Å². The third-order valence-corrected chi connectivity index (χ3v) is 5.32. The first kappa shape index (κ1) is 21.9. The van der Waals surface area contributed by atoms with Gasteiger partial charge in [-0.05, 0) is 50.6 Å². The van der Waals surface area contributed by atoms with Crippen LogP contribution in [0.2, 0.25) is 0 Å². The lowest BCUT2D eigenvalue weighted by Crippen LogP contribution is -2.42. The van der Waals surface area contributed by atoms with Crippen molar-refractivity contribution >= 4 is 5.96 Å². The van der Waals surface area contributed by atoms with Gasteiger partial charge in [0.25, 0.3) is 0 Å². The molecule has 2 aromatic rings. The highest BCUT2D eigenvalue weighted by Gasteiger charge is 2.26. The standard InChI is InChI=1S/C23H33N5O2/c1-4-30-22-15-18(11-12-25-22)16-26-23(24-2)27-17-20(28-13-7-8-14-28)19-9-5-6-10-21(19)29-3/h5-6,9-12,15,20H,4,7-8,13-14,16-17H2,1-3H3,(H2,24,26,27). The quantitative estimate of drug-likeness (QED) is 0.488. The van der Waals surface area contributed by atoms with Gasteiger partial charge >= 0.3 is 0 Å². The highest BCUT2D eigenvalue weighted by molar-refractivity contribution is 5.79. The third kappa shape index (κ3) is 5.86. The summed E-state index contributed by atoms with van der Waals surface area (Å²) in [5, 5.41) is 6.89. The number of nitrogens with one attached hydrogen (secondary N) is 2. The van der Waals surface area contributed by atoms with E-state index in [2.05, 4.69) is 37.6 Å². The van der Waals surface area contributed by atoms with Crippen molar-refractivity contribution in [3.05, 3.63) is 53.7 Å². The van der Waals surface area contributed by atoms with Crippen molar-refractivity contribution < 1.29 is 9.47 Å². The number of benzene rings is 1. The van der Waals surface area contributed by atoms with Crippen LogP contribution >= 0.6 is 0 Å². The molecule has 0 aliphatic carbocycles. The molecule has 2 N–H and O–H groups in total. The summed E-state index contributed by atoms with van der Waals surface area (Å²) < 4.78 is 11.1. The van der Waals surface area contributed by atoms with E-state index in [9.17, 15) is 0 Å². The van der Waals surface area contributed by atoms with Gasteiger partial charge in [0.15, 0.2) is 5.96 Å². The minimum Gasteiger partial charge on any atom is -0.496 e. The lowest BCUT2D eigenvalue weighted by atomic mass is 10.0. The van der Waals surface area contributed by atoms with Gasteiger partial charge in [-0.25, -0.2) is 4.98 Å². The fraction of sp³-hybridized carbons (Fsp3) is 0.478. The monoisotopic (exact) mass is 411 g/mol. The molecule has 1 atom stereocenters. The predicted octanol–water partition coefficient (Wildman–Crippen LogP) is 2.99. The van der Waals surface area contributed by atoms with Crippen LogP contribution in [0.5, 0.6) is 11.6 Å². The molecule has 1 unspecified atom stereocenters. The minimum atomic E-state index is 0.229. The zero-order valence-electron chi connectivity index (χ0n) is 18.2. The number of guanidine groups is 1. The van der Waals surface area contributed by atoms with Crippen LogP contribution in [-0.2, 0) is 6.54 Å². The van der Waals surface area contributed by atoms with Gasteiger partial charge in [0.2, 0.25) is 5.88 Å². The van der Waals surface area contributed by atoms with Gasteiger partial charge in [-0.3, -0.25) is 9.89 Å². The number of nitrogens with zero attached hydrogens (tertiary/aromatic N) is 3. The first-order valence-electron chi connectivity index (χ1n) is 10.6. The molecule has 2 heterocycles. The summed E-state index contributed by atoms with van der Waals surface area (Å²) in [6.45, 7) is 6.16. The number of aromatic nitrogens is 1. The van der Waals surface area contributed by atoms with Crippen LogP contribution in [0.25, 0.3) is 0 Å². The highest BCUT2D eigenvalue weighted by atomic mass is 16.5. The van der Waals surface area contributed by atoms with Crippen molar-refractivity contribution in [3.63, 3.8) is 0 Å². The van der Waals surface area contributed by atoms with Crippen molar-refractivity contribution in [2.75, 3.05) is 40.4 Å². The molecule has 1 aromatic carbocycles. The summed E-state index contributed by atoms with van der Waals surface area (Å²) in [5.74, 6) is 2.34. The predicted molar refractivity (Wildman–Crippen MR) is 120 cm³/mol. The molecule has 0 radical (unpaired) electrons. The van der Waals surface area contributed by atoms with E-state index in [-0.39, 0.29) is 6.04 Å².